The summed E-state index contributed by atoms with van der Waals surface area (Å²) >= 11 is 5.91. The van der Waals surface area contributed by atoms with Crippen LogP contribution in [0.2, 0.25) is 0 Å². The number of imidazole rings is 1. The zero-order valence-electron chi connectivity index (χ0n) is 12.6. The average molecular weight is 307 g/mol. The Kier molecular flexibility index (Phi) is 4.81. The number of hydrogen-bond donors (Lipinski definition) is 0. The van der Waals surface area contributed by atoms with Crippen molar-refractivity contribution >= 4 is 22.6 Å². The van der Waals surface area contributed by atoms with Gasteiger partial charge in [0.25, 0.3) is 0 Å². The van der Waals surface area contributed by atoms with Crippen LogP contribution < -0.4 is 0 Å². The second-order valence-corrected chi connectivity index (χ2v) is 6.36. The van der Waals surface area contributed by atoms with Gasteiger partial charge in [-0.3, -0.25) is 0 Å². The second-order valence-electron chi connectivity index (χ2n) is 5.98. The first-order valence-electron chi connectivity index (χ1n) is 7.87. The van der Waals surface area contributed by atoms with Crippen molar-refractivity contribution in [1.82, 2.24) is 9.55 Å². The molecule has 4 heteroatoms. The summed E-state index contributed by atoms with van der Waals surface area (Å²) in [5.41, 5.74) is 3.54. The Bertz CT molecular complexity index is 604. The number of halogens is 1. The minimum absolute atomic E-state index is 0.612. The molecule has 0 unspecified atom stereocenters. The summed E-state index contributed by atoms with van der Waals surface area (Å²) in [5.74, 6) is 2.54. The highest BCUT2D eigenvalue weighted by Crippen LogP contribution is 2.28. The molecule has 0 aliphatic heterocycles. The quantitative estimate of drug-likeness (QED) is 0.545. The summed E-state index contributed by atoms with van der Waals surface area (Å²) in [6.07, 6.45) is 4.55. The zero-order chi connectivity index (χ0) is 14.7. The summed E-state index contributed by atoms with van der Waals surface area (Å²) in [6, 6.07) is 6.46. The zero-order valence-corrected chi connectivity index (χ0v) is 13.4. The molecule has 0 N–H and O–H groups in total. The lowest BCUT2D eigenvalue weighted by molar-refractivity contribution is 0.119. The van der Waals surface area contributed by atoms with E-state index in [9.17, 15) is 0 Å². The molecule has 0 amide bonds. The van der Waals surface area contributed by atoms with Gasteiger partial charge in [0.15, 0.2) is 0 Å². The fraction of sp³-hybridized carbons (Fsp3) is 0.588. The first-order chi connectivity index (χ1) is 10.3. The maximum absolute atomic E-state index is 5.91. The Morgan fingerprint density at radius 1 is 1.38 bits per heavy atom. The molecule has 3 rings (SSSR count). The van der Waals surface area contributed by atoms with Gasteiger partial charge in [0.2, 0.25) is 0 Å². The minimum Gasteiger partial charge on any atom is -0.381 e. The van der Waals surface area contributed by atoms with Gasteiger partial charge in [0.05, 0.1) is 11.0 Å². The van der Waals surface area contributed by atoms with E-state index >= 15 is 0 Å². The van der Waals surface area contributed by atoms with Crippen LogP contribution in [0, 0.1) is 12.8 Å². The van der Waals surface area contributed by atoms with Crippen molar-refractivity contribution in [3.63, 3.8) is 0 Å². The topological polar surface area (TPSA) is 27.1 Å². The van der Waals surface area contributed by atoms with Crippen molar-refractivity contribution in [2.45, 2.75) is 39.2 Å². The van der Waals surface area contributed by atoms with Gasteiger partial charge in [-0.25, -0.2) is 4.98 Å². The molecule has 1 aliphatic rings. The van der Waals surface area contributed by atoms with Crippen LogP contribution in [-0.2, 0) is 17.7 Å². The van der Waals surface area contributed by atoms with Crippen LogP contribution in [0.4, 0.5) is 0 Å². The maximum Gasteiger partial charge on any atom is 0.111 e. The number of ether oxygens (including phenoxy) is 1. The van der Waals surface area contributed by atoms with Crippen LogP contribution in [0.15, 0.2) is 18.2 Å². The van der Waals surface area contributed by atoms with Gasteiger partial charge in [0, 0.05) is 32.1 Å². The first-order valence-corrected chi connectivity index (χ1v) is 8.41. The molecule has 2 aromatic rings. The van der Waals surface area contributed by atoms with Gasteiger partial charge in [-0.2, -0.15) is 0 Å². The minimum atomic E-state index is 0.612. The monoisotopic (exact) mass is 306 g/mol. The summed E-state index contributed by atoms with van der Waals surface area (Å²) in [7, 11) is 0. The van der Waals surface area contributed by atoms with Crippen molar-refractivity contribution in [1.29, 1.82) is 0 Å². The molecule has 0 bridgehead atoms. The van der Waals surface area contributed by atoms with E-state index < -0.39 is 0 Å². The fourth-order valence-corrected chi connectivity index (χ4v) is 2.84. The molecule has 0 saturated heterocycles. The highest BCUT2D eigenvalue weighted by atomic mass is 35.5. The lowest BCUT2D eigenvalue weighted by atomic mass is 10.2. The first kappa shape index (κ1) is 14.9. The van der Waals surface area contributed by atoms with Crippen LogP contribution in [-0.4, -0.2) is 28.6 Å². The van der Waals surface area contributed by atoms with E-state index in [1.54, 1.807) is 0 Å². The van der Waals surface area contributed by atoms with E-state index in [1.165, 1.54) is 23.9 Å². The lowest BCUT2D eigenvalue weighted by Gasteiger charge is -2.09. The van der Waals surface area contributed by atoms with E-state index in [4.69, 9.17) is 21.3 Å². The lowest BCUT2D eigenvalue weighted by Crippen LogP contribution is -2.08. The van der Waals surface area contributed by atoms with Gasteiger partial charge < -0.3 is 9.30 Å². The Balaban J connectivity index is 1.67. The van der Waals surface area contributed by atoms with Crippen molar-refractivity contribution in [3.8, 4) is 0 Å². The molecule has 1 heterocycles. The molecule has 21 heavy (non-hydrogen) atoms. The average Bonchev–Trinajstić information content (AvgIpc) is 3.22. The maximum atomic E-state index is 5.91. The van der Waals surface area contributed by atoms with Gasteiger partial charge in [-0.1, -0.05) is 6.07 Å². The normalized spacial score (nSPS) is 15.0. The molecule has 1 aromatic carbocycles. The van der Waals surface area contributed by atoms with Crippen molar-refractivity contribution in [3.05, 3.63) is 29.6 Å². The smallest absolute Gasteiger partial charge is 0.111 e. The van der Waals surface area contributed by atoms with Gasteiger partial charge in [-0.15, -0.1) is 11.6 Å². The van der Waals surface area contributed by atoms with Gasteiger partial charge in [-0.05, 0) is 49.8 Å². The molecule has 0 atom stereocenters. The second kappa shape index (κ2) is 6.80. The number of aryl methyl sites for hydroxylation is 3. The number of alkyl halides is 1. The largest absolute Gasteiger partial charge is 0.381 e. The van der Waals surface area contributed by atoms with Gasteiger partial charge in [0.1, 0.15) is 5.82 Å². The summed E-state index contributed by atoms with van der Waals surface area (Å²) in [6.45, 7) is 4.84. The highest BCUT2D eigenvalue weighted by Gasteiger charge is 2.20. The fourth-order valence-electron chi connectivity index (χ4n) is 2.67. The Morgan fingerprint density at radius 2 is 2.24 bits per heavy atom. The van der Waals surface area contributed by atoms with Crippen LogP contribution in [0.1, 0.15) is 30.7 Å². The van der Waals surface area contributed by atoms with E-state index in [1.807, 2.05) is 0 Å². The Morgan fingerprint density at radius 3 is 3.00 bits per heavy atom. The Labute approximate surface area is 131 Å². The molecule has 0 radical (unpaired) electrons. The van der Waals surface area contributed by atoms with Crippen LogP contribution >= 0.6 is 11.6 Å². The van der Waals surface area contributed by atoms with Crippen molar-refractivity contribution in [2.75, 3.05) is 19.1 Å². The number of aromatic nitrogens is 2. The summed E-state index contributed by atoms with van der Waals surface area (Å²) < 4.78 is 8.03. The van der Waals surface area contributed by atoms with Crippen molar-refractivity contribution < 1.29 is 4.74 Å². The van der Waals surface area contributed by atoms with Crippen LogP contribution in [0.5, 0.6) is 0 Å². The number of benzene rings is 1. The van der Waals surface area contributed by atoms with E-state index in [0.29, 0.717) is 5.88 Å². The molecule has 1 aromatic heterocycles. The molecule has 0 spiro atoms. The van der Waals surface area contributed by atoms with Crippen molar-refractivity contribution in [2.24, 2.45) is 5.92 Å². The highest BCUT2D eigenvalue weighted by molar-refractivity contribution is 6.17. The third-order valence-electron chi connectivity index (χ3n) is 4.02. The van der Waals surface area contributed by atoms with E-state index in [2.05, 4.69) is 29.7 Å². The molecule has 1 fully saturated rings. The third-order valence-corrected chi connectivity index (χ3v) is 4.21. The molecular formula is C17H23ClN2O. The molecule has 1 aliphatic carbocycles. The summed E-state index contributed by atoms with van der Waals surface area (Å²) in [4.78, 5) is 4.74. The number of fused-ring (bicyclic) bond motifs is 1. The van der Waals surface area contributed by atoms with E-state index in [0.717, 1.165) is 49.9 Å². The van der Waals surface area contributed by atoms with Crippen LogP contribution in [0.3, 0.4) is 0 Å². The Hall–Kier alpha value is -1.06. The SMILES string of the molecule is Cc1ccc2c(c1)nc(CCCl)n2CCCOCC1CC1. The number of hydrogen-bond acceptors (Lipinski definition) is 2. The summed E-state index contributed by atoms with van der Waals surface area (Å²) in [5, 5.41) is 0. The molecule has 1 saturated carbocycles. The molecular weight excluding hydrogens is 284 g/mol. The number of nitrogens with zero attached hydrogens (tertiary/aromatic N) is 2. The van der Waals surface area contributed by atoms with Gasteiger partial charge >= 0.3 is 0 Å². The predicted molar refractivity (Wildman–Crippen MR) is 87.1 cm³/mol. The van der Waals surface area contributed by atoms with Crippen LogP contribution in [0.25, 0.3) is 11.0 Å². The molecule has 3 nitrogen and oxygen atoms in total. The third kappa shape index (κ3) is 3.78. The number of rotatable bonds is 8. The predicted octanol–water partition coefficient (Wildman–Crippen LogP) is 3.94. The standard InChI is InChI=1S/C17H23ClN2O/c1-13-3-6-16-15(11-13)19-17(7-8-18)20(16)9-2-10-21-12-14-4-5-14/h3,6,11,14H,2,4-5,7-10,12H2,1H3. The molecule has 114 valence electrons. The van der Waals surface area contributed by atoms with E-state index in [-0.39, 0.29) is 0 Å².